The molecule has 0 N–H and O–H groups in total. The highest BCUT2D eigenvalue weighted by Crippen LogP contribution is 2.45. The molecule has 7 atom stereocenters. The molecular weight excluding hydrogens is 352 g/mol. The van der Waals surface area contributed by atoms with E-state index in [1.54, 1.807) is 0 Å². The molecule has 2 aliphatic carbocycles. The summed E-state index contributed by atoms with van der Waals surface area (Å²) in [7, 11) is 0. The summed E-state index contributed by atoms with van der Waals surface area (Å²) in [6, 6.07) is 0. The first-order valence-corrected chi connectivity index (χ1v) is 10.9. The van der Waals surface area contributed by atoms with Gasteiger partial charge in [-0.1, -0.05) is 52.0 Å². The van der Waals surface area contributed by atoms with Crippen LogP contribution >= 0.6 is 0 Å². The number of esters is 2. The lowest BCUT2D eigenvalue weighted by Crippen LogP contribution is -2.41. The van der Waals surface area contributed by atoms with Crippen molar-refractivity contribution in [2.75, 3.05) is 0 Å². The Morgan fingerprint density at radius 2 is 2.07 bits per heavy atom. The predicted octanol–water partition coefficient (Wildman–Crippen LogP) is 5.00. The van der Waals surface area contributed by atoms with Crippen LogP contribution in [-0.4, -0.2) is 24.1 Å². The molecular formula is C24H34O4. The van der Waals surface area contributed by atoms with Crippen molar-refractivity contribution in [2.45, 2.75) is 72.0 Å². The summed E-state index contributed by atoms with van der Waals surface area (Å²) in [4.78, 5) is 24.1. The maximum Gasteiger partial charge on any atom is 0.330 e. The van der Waals surface area contributed by atoms with Crippen molar-refractivity contribution < 1.29 is 19.1 Å². The van der Waals surface area contributed by atoms with E-state index in [4.69, 9.17) is 9.47 Å². The monoisotopic (exact) mass is 386 g/mol. The van der Waals surface area contributed by atoms with Gasteiger partial charge in [-0.2, -0.15) is 0 Å². The van der Waals surface area contributed by atoms with Crippen molar-refractivity contribution in [1.29, 1.82) is 0 Å². The third kappa shape index (κ3) is 4.76. The van der Waals surface area contributed by atoms with Gasteiger partial charge < -0.3 is 9.47 Å². The van der Waals surface area contributed by atoms with Crippen molar-refractivity contribution in [3.63, 3.8) is 0 Å². The second kappa shape index (κ2) is 9.11. The fourth-order valence-electron chi connectivity index (χ4n) is 4.78. The molecule has 154 valence electrons. The average molecular weight is 387 g/mol. The quantitative estimate of drug-likeness (QED) is 0.603. The highest BCUT2D eigenvalue weighted by atomic mass is 16.5. The van der Waals surface area contributed by atoms with Crippen molar-refractivity contribution in [3.8, 4) is 0 Å². The van der Waals surface area contributed by atoms with E-state index in [0.717, 1.165) is 32.1 Å². The first-order valence-electron chi connectivity index (χ1n) is 10.9. The highest BCUT2D eigenvalue weighted by molar-refractivity contribution is 5.82. The standard InChI is InChI=1S/C24H34O4/c1-5-16(3)24(26)28-21-14-15(2)13-18-10-9-17(4)20(23(18)21)12-11-19-7-6-8-22(25)27-19/h6,8-10,13,15-17,19-21,23H,5,7,11-12,14H2,1-4H3/t15-,16+,17+,19+,20+,21-,23+/m1/s1. The molecule has 0 spiro atoms. The van der Waals surface area contributed by atoms with E-state index in [1.165, 1.54) is 11.6 Å². The fourth-order valence-corrected chi connectivity index (χ4v) is 4.78. The van der Waals surface area contributed by atoms with Crippen LogP contribution in [0.15, 0.2) is 36.0 Å². The maximum atomic E-state index is 12.5. The van der Waals surface area contributed by atoms with Gasteiger partial charge in [0, 0.05) is 18.4 Å². The van der Waals surface area contributed by atoms with Crippen LogP contribution in [0.5, 0.6) is 0 Å². The third-order valence-electron chi connectivity index (χ3n) is 6.64. The molecule has 0 aromatic heterocycles. The summed E-state index contributed by atoms with van der Waals surface area (Å²) in [6.07, 6.45) is 14.5. The van der Waals surface area contributed by atoms with Crippen molar-refractivity contribution in [1.82, 2.24) is 0 Å². The van der Waals surface area contributed by atoms with Gasteiger partial charge in [-0.3, -0.25) is 4.79 Å². The van der Waals surface area contributed by atoms with E-state index >= 15 is 0 Å². The van der Waals surface area contributed by atoms with Gasteiger partial charge in [-0.15, -0.1) is 0 Å². The van der Waals surface area contributed by atoms with Crippen LogP contribution in [0.4, 0.5) is 0 Å². The van der Waals surface area contributed by atoms with Gasteiger partial charge in [0.15, 0.2) is 0 Å². The SMILES string of the molecule is CC[C@H](C)C(=O)O[C@@H]1C[C@H](C)C=C2C=C[C@H](C)[C@H](CC[C@@H]3CC=CC(=O)O3)[C@H]21. The normalized spacial score (nSPS) is 35.6. The van der Waals surface area contributed by atoms with Crippen LogP contribution < -0.4 is 0 Å². The van der Waals surface area contributed by atoms with Gasteiger partial charge >= 0.3 is 11.9 Å². The summed E-state index contributed by atoms with van der Waals surface area (Å²) in [5, 5.41) is 0. The lowest BCUT2D eigenvalue weighted by atomic mass is 9.65. The molecule has 4 heteroatoms. The summed E-state index contributed by atoms with van der Waals surface area (Å²) in [6.45, 7) is 8.41. The Balaban J connectivity index is 1.75. The zero-order valence-corrected chi connectivity index (χ0v) is 17.6. The van der Waals surface area contributed by atoms with Crippen LogP contribution in [-0.2, 0) is 19.1 Å². The minimum Gasteiger partial charge on any atom is -0.461 e. The minimum atomic E-state index is -0.236. The number of hydrogen-bond acceptors (Lipinski definition) is 4. The van der Waals surface area contributed by atoms with Crippen LogP contribution in [0.25, 0.3) is 0 Å². The summed E-state index contributed by atoms with van der Waals surface area (Å²) < 4.78 is 11.5. The minimum absolute atomic E-state index is 0.0355. The van der Waals surface area contributed by atoms with Gasteiger partial charge in [-0.05, 0) is 49.0 Å². The van der Waals surface area contributed by atoms with E-state index < -0.39 is 0 Å². The van der Waals surface area contributed by atoms with Crippen LogP contribution in [0.1, 0.15) is 59.8 Å². The van der Waals surface area contributed by atoms with Gasteiger partial charge in [0.1, 0.15) is 12.2 Å². The molecule has 3 aliphatic rings. The molecule has 4 nitrogen and oxygen atoms in total. The van der Waals surface area contributed by atoms with Crippen LogP contribution in [0.2, 0.25) is 0 Å². The van der Waals surface area contributed by atoms with Crippen molar-refractivity contribution >= 4 is 11.9 Å². The second-order valence-corrected chi connectivity index (χ2v) is 8.85. The van der Waals surface area contributed by atoms with Gasteiger partial charge in [-0.25, -0.2) is 4.79 Å². The lowest BCUT2D eigenvalue weighted by Gasteiger charge is -2.43. The molecule has 1 aliphatic heterocycles. The zero-order chi connectivity index (χ0) is 20.3. The molecule has 0 saturated heterocycles. The number of carbonyl (C=O) groups is 2. The molecule has 0 amide bonds. The molecule has 0 radical (unpaired) electrons. The van der Waals surface area contributed by atoms with Crippen LogP contribution in [0, 0.1) is 29.6 Å². The molecule has 0 bridgehead atoms. The maximum absolute atomic E-state index is 12.5. The topological polar surface area (TPSA) is 52.6 Å². The first-order chi connectivity index (χ1) is 13.4. The lowest BCUT2D eigenvalue weighted by molar-refractivity contribution is -0.158. The molecule has 0 fully saturated rings. The highest BCUT2D eigenvalue weighted by Gasteiger charge is 2.41. The number of fused-ring (bicyclic) bond motifs is 1. The average Bonchev–Trinajstić information content (AvgIpc) is 2.66. The van der Waals surface area contributed by atoms with Crippen molar-refractivity contribution in [3.05, 3.63) is 36.0 Å². The predicted molar refractivity (Wildman–Crippen MR) is 109 cm³/mol. The first kappa shape index (κ1) is 20.9. The number of allylic oxidation sites excluding steroid dienone is 3. The number of cyclic esters (lactones) is 1. The Labute approximate surface area is 169 Å². The number of carbonyl (C=O) groups excluding carboxylic acids is 2. The zero-order valence-electron chi connectivity index (χ0n) is 17.6. The van der Waals surface area contributed by atoms with Gasteiger partial charge in [0.2, 0.25) is 0 Å². The van der Waals surface area contributed by atoms with Gasteiger partial charge in [0.25, 0.3) is 0 Å². The second-order valence-electron chi connectivity index (χ2n) is 8.85. The summed E-state index contributed by atoms with van der Waals surface area (Å²) in [5.74, 6) is 1.07. The molecule has 1 heterocycles. The van der Waals surface area contributed by atoms with E-state index in [9.17, 15) is 9.59 Å². The van der Waals surface area contributed by atoms with E-state index in [0.29, 0.717) is 17.8 Å². The smallest absolute Gasteiger partial charge is 0.330 e. The largest absolute Gasteiger partial charge is 0.461 e. The Hall–Kier alpha value is -1.84. The molecule has 28 heavy (non-hydrogen) atoms. The number of ether oxygens (including phenoxy) is 2. The summed E-state index contributed by atoms with van der Waals surface area (Å²) in [5.41, 5.74) is 1.31. The van der Waals surface area contributed by atoms with E-state index in [-0.39, 0.29) is 36.0 Å². The molecule has 3 rings (SSSR count). The fraction of sp³-hybridized carbons (Fsp3) is 0.667. The van der Waals surface area contributed by atoms with E-state index in [1.807, 2.05) is 19.9 Å². The molecule has 0 unspecified atom stereocenters. The Morgan fingerprint density at radius 1 is 1.29 bits per heavy atom. The molecule has 0 aromatic carbocycles. The van der Waals surface area contributed by atoms with Gasteiger partial charge in [0.05, 0.1) is 5.92 Å². The van der Waals surface area contributed by atoms with Crippen molar-refractivity contribution in [2.24, 2.45) is 29.6 Å². The summed E-state index contributed by atoms with van der Waals surface area (Å²) >= 11 is 0. The van der Waals surface area contributed by atoms with E-state index in [2.05, 4.69) is 32.1 Å². The number of hydrogen-bond donors (Lipinski definition) is 0. The third-order valence-corrected chi connectivity index (χ3v) is 6.64. The number of rotatable bonds is 6. The Morgan fingerprint density at radius 3 is 2.79 bits per heavy atom. The molecule has 0 aromatic rings. The Bertz CT molecular complexity index is 674. The Kier molecular flexibility index (Phi) is 6.79. The van der Waals surface area contributed by atoms with Crippen LogP contribution in [0.3, 0.4) is 0 Å². The molecule has 0 saturated carbocycles.